The monoisotopic (exact) mass is 387 g/mol. The lowest BCUT2D eigenvalue weighted by Gasteiger charge is -2.44. The first kappa shape index (κ1) is 17.9. The van der Waals surface area contributed by atoms with Gasteiger partial charge in [0.25, 0.3) is 5.91 Å². The van der Waals surface area contributed by atoms with E-state index < -0.39 is 21.9 Å². The Labute approximate surface area is 150 Å². The van der Waals surface area contributed by atoms with Crippen molar-refractivity contribution in [3.63, 3.8) is 0 Å². The molecule has 0 aromatic carbocycles. The quantitative estimate of drug-likeness (QED) is 0.753. The third kappa shape index (κ3) is 3.30. The Kier molecular flexibility index (Phi) is 4.62. The number of aromatic nitrogens is 1. The highest BCUT2D eigenvalue weighted by molar-refractivity contribution is 7.91. The van der Waals surface area contributed by atoms with Gasteiger partial charge in [0.1, 0.15) is 5.69 Å². The maximum absolute atomic E-state index is 12.8. The summed E-state index contributed by atoms with van der Waals surface area (Å²) in [5.41, 5.74) is 0.296. The second kappa shape index (κ2) is 6.45. The molecule has 0 bridgehead atoms. The Hall–Kier alpha value is -1.88. The van der Waals surface area contributed by atoms with E-state index in [0.717, 1.165) is 0 Å². The molecule has 2 atom stereocenters. The Morgan fingerprint density at radius 2 is 1.84 bits per heavy atom. The van der Waals surface area contributed by atoms with Gasteiger partial charge in [0, 0.05) is 39.6 Å². The lowest BCUT2D eigenvalue weighted by atomic mass is 10.0. The molecule has 3 amide bonds. The number of fused-ring (bicyclic) bond motifs is 1. The first-order chi connectivity index (χ1) is 11.7. The normalized spacial score (nSPS) is 24.8. The first-order valence-corrected chi connectivity index (χ1v) is 10.6. The van der Waals surface area contributed by atoms with E-state index in [-0.39, 0.29) is 23.4 Å². The van der Waals surface area contributed by atoms with Crippen molar-refractivity contribution < 1.29 is 18.0 Å². The van der Waals surface area contributed by atoms with Crippen molar-refractivity contribution in [1.82, 2.24) is 19.7 Å². The summed E-state index contributed by atoms with van der Waals surface area (Å²) in [5.74, 6) is -0.523. The zero-order valence-corrected chi connectivity index (χ0v) is 15.9. The maximum Gasteiger partial charge on any atom is 0.319 e. The number of hydrogen-bond donors (Lipinski definition) is 1. The number of urea groups is 1. The van der Waals surface area contributed by atoms with Gasteiger partial charge in [0.2, 0.25) is 0 Å². The zero-order chi connectivity index (χ0) is 18.4. The summed E-state index contributed by atoms with van der Waals surface area (Å²) in [4.78, 5) is 34.0. The molecule has 11 heteroatoms. The molecule has 2 saturated heterocycles. The summed E-state index contributed by atoms with van der Waals surface area (Å²) in [6, 6.07) is -1.28. The summed E-state index contributed by atoms with van der Waals surface area (Å²) >= 11 is 1.32. The molecule has 3 rings (SSSR count). The van der Waals surface area contributed by atoms with Crippen LogP contribution in [0.5, 0.6) is 0 Å². The minimum absolute atomic E-state index is 0.111. The molecule has 2 aliphatic rings. The Morgan fingerprint density at radius 1 is 1.24 bits per heavy atom. The number of sulfone groups is 1. The molecular weight excluding hydrogens is 366 g/mol. The van der Waals surface area contributed by atoms with Gasteiger partial charge in [0.15, 0.2) is 15.0 Å². The Balaban J connectivity index is 1.88. The summed E-state index contributed by atoms with van der Waals surface area (Å²) in [6.45, 7) is 0.601. The number of amides is 3. The van der Waals surface area contributed by atoms with Crippen LogP contribution in [0.1, 0.15) is 10.5 Å². The number of piperazine rings is 1. The van der Waals surface area contributed by atoms with Crippen LogP contribution in [-0.4, -0.2) is 97.9 Å². The van der Waals surface area contributed by atoms with Gasteiger partial charge in [-0.15, -0.1) is 11.3 Å². The van der Waals surface area contributed by atoms with Crippen LogP contribution in [-0.2, 0) is 9.84 Å². The fourth-order valence-corrected chi connectivity index (χ4v) is 5.96. The lowest BCUT2D eigenvalue weighted by Crippen LogP contribution is -2.63. The molecule has 0 saturated carbocycles. The number of rotatable bonds is 2. The van der Waals surface area contributed by atoms with Gasteiger partial charge < -0.3 is 20.0 Å². The molecule has 0 unspecified atom stereocenters. The van der Waals surface area contributed by atoms with Crippen LogP contribution >= 0.6 is 11.3 Å². The number of hydrogen-bond acceptors (Lipinski definition) is 7. The molecule has 1 aromatic rings. The molecule has 138 valence electrons. The van der Waals surface area contributed by atoms with Gasteiger partial charge in [0.05, 0.1) is 23.6 Å². The third-order valence-electron chi connectivity index (χ3n) is 4.50. The molecule has 25 heavy (non-hydrogen) atoms. The van der Waals surface area contributed by atoms with E-state index in [4.69, 9.17) is 0 Å². The second-order valence-electron chi connectivity index (χ2n) is 6.37. The van der Waals surface area contributed by atoms with Crippen molar-refractivity contribution in [2.24, 2.45) is 0 Å². The molecule has 0 aliphatic carbocycles. The van der Waals surface area contributed by atoms with Crippen LogP contribution < -0.4 is 5.32 Å². The fourth-order valence-electron chi connectivity index (χ4n) is 3.33. The van der Waals surface area contributed by atoms with Gasteiger partial charge in [-0.05, 0) is 0 Å². The smallest absolute Gasteiger partial charge is 0.319 e. The largest absolute Gasteiger partial charge is 0.365 e. The predicted octanol–water partition coefficient (Wildman–Crippen LogP) is -0.210. The number of nitrogens with zero attached hydrogens (tertiary/aromatic N) is 4. The van der Waals surface area contributed by atoms with Gasteiger partial charge in [-0.3, -0.25) is 4.79 Å². The van der Waals surface area contributed by atoms with Crippen molar-refractivity contribution in [1.29, 1.82) is 0 Å². The molecule has 0 spiro atoms. The highest BCUT2D eigenvalue weighted by atomic mass is 32.2. The molecule has 3 heterocycles. The predicted molar refractivity (Wildman–Crippen MR) is 94.7 cm³/mol. The van der Waals surface area contributed by atoms with Crippen molar-refractivity contribution in [3.05, 3.63) is 11.1 Å². The summed E-state index contributed by atoms with van der Waals surface area (Å²) < 4.78 is 24.4. The third-order valence-corrected chi connectivity index (χ3v) is 7.06. The average molecular weight is 387 g/mol. The number of anilines is 1. The van der Waals surface area contributed by atoms with E-state index in [0.29, 0.717) is 23.9 Å². The van der Waals surface area contributed by atoms with Crippen molar-refractivity contribution in [3.8, 4) is 0 Å². The number of thiazole rings is 1. The minimum Gasteiger partial charge on any atom is -0.365 e. The van der Waals surface area contributed by atoms with Crippen LogP contribution in [0.3, 0.4) is 0 Å². The second-order valence-corrected chi connectivity index (χ2v) is 9.38. The average Bonchev–Trinajstić information content (AvgIpc) is 3.15. The van der Waals surface area contributed by atoms with Crippen LogP contribution in [0.25, 0.3) is 0 Å². The lowest BCUT2D eigenvalue weighted by molar-refractivity contribution is 0.0389. The molecule has 9 nitrogen and oxygen atoms in total. The van der Waals surface area contributed by atoms with Crippen LogP contribution in [0.4, 0.5) is 9.93 Å². The highest BCUT2D eigenvalue weighted by Gasteiger charge is 2.50. The molecule has 2 fully saturated rings. The van der Waals surface area contributed by atoms with Gasteiger partial charge in [-0.1, -0.05) is 0 Å². The van der Waals surface area contributed by atoms with Gasteiger partial charge in [-0.25, -0.2) is 18.2 Å². The van der Waals surface area contributed by atoms with E-state index >= 15 is 0 Å². The Morgan fingerprint density at radius 3 is 2.40 bits per heavy atom. The van der Waals surface area contributed by atoms with Gasteiger partial charge >= 0.3 is 6.03 Å². The van der Waals surface area contributed by atoms with Crippen molar-refractivity contribution in [2.45, 2.75) is 12.1 Å². The van der Waals surface area contributed by atoms with E-state index in [1.54, 1.807) is 36.3 Å². The summed E-state index contributed by atoms with van der Waals surface area (Å²) in [7, 11) is 1.68. The van der Waals surface area contributed by atoms with Gasteiger partial charge in [-0.2, -0.15) is 0 Å². The highest BCUT2D eigenvalue weighted by Crippen LogP contribution is 2.29. The first-order valence-electron chi connectivity index (χ1n) is 7.86. The van der Waals surface area contributed by atoms with E-state index in [1.807, 2.05) is 0 Å². The molecular formula is C14H21N5O4S2. The Bertz CT molecular complexity index is 791. The minimum atomic E-state index is -3.31. The molecule has 1 aromatic heterocycles. The topological polar surface area (TPSA) is 103 Å². The fraction of sp³-hybridized carbons (Fsp3) is 0.643. The molecule has 1 N–H and O–H groups in total. The molecule has 0 radical (unpaired) electrons. The standard InChI is InChI=1S/C14H21N5O4S2/c1-15-13-16-9(6-24-13)12(20)18-4-5-19(14(21)17(2)3)11-8-25(22,23)7-10(11)18/h6,10-11H,4-5,7-8H2,1-3H3,(H,15,16)/t10-,11+/m0/s1. The molecule has 2 aliphatic heterocycles. The van der Waals surface area contributed by atoms with Crippen molar-refractivity contribution in [2.75, 3.05) is 51.1 Å². The van der Waals surface area contributed by atoms with E-state index in [9.17, 15) is 18.0 Å². The number of nitrogens with one attached hydrogen (secondary N) is 1. The summed E-state index contributed by atoms with van der Waals surface area (Å²) in [6.07, 6.45) is 0. The zero-order valence-electron chi connectivity index (χ0n) is 14.3. The van der Waals surface area contributed by atoms with Crippen LogP contribution in [0, 0.1) is 0 Å². The van der Waals surface area contributed by atoms with Crippen molar-refractivity contribution >= 4 is 38.2 Å². The maximum atomic E-state index is 12.8. The SMILES string of the molecule is CNc1nc(C(=O)N2CCN(C(=O)N(C)C)[C@@H]3CS(=O)(=O)C[C@@H]32)cs1. The summed E-state index contributed by atoms with van der Waals surface area (Å²) in [5, 5.41) is 5.16. The number of carbonyl (C=O) groups excluding carboxylic acids is 2. The van der Waals surface area contributed by atoms with E-state index in [1.165, 1.54) is 16.2 Å². The number of carbonyl (C=O) groups is 2. The van der Waals surface area contributed by atoms with E-state index in [2.05, 4.69) is 10.3 Å². The van der Waals surface area contributed by atoms with Crippen LogP contribution in [0.15, 0.2) is 5.38 Å². The van der Waals surface area contributed by atoms with Crippen LogP contribution in [0.2, 0.25) is 0 Å².